The summed E-state index contributed by atoms with van der Waals surface area (Å²) < 4.78 is 0. The Morgan fingerprint density at radius 1 is 1.44 bits per heavy atom. The SMILES string of the molecule is CC(=O)N1c2ccc(C(C)C)cc2CC1C. The summed E-state index contributed by atoms with van der Waals surface area (Å²) in [5.41, 5.74) is 3.77. The summed E-state index contributed by atoms with van der Waals surface area (Å²) in [5, 5.41) is 0. The van der Waals surface area contributed by atoms with E-state index in [2.05, 4.69) is 39.0 Å². The van der Waals surface area contributed by atoms with Gasteiger partial charge in [0.2, 0.25) is 5.91 Å². The molecule has 0 fully saturated rings. The molecule has 2 rings (SSSR count). The predicted molar refractivity (Wildman–Crippen MR) is 66.9 cm³/mol. The number of benzene rings is 1. The third kappa shape index (κ3) is 1.73. The van der Waals surface area contributed by atoms with Crippen LogP contribution in [0.4, 0.5) is 5.69 Å². The van der Waals surface area contributed by atoms with Gasteiger partial charge in [-0.15, -0.1) is 0 Å². The highest BCUT2D eigenvalue weighted by Crippen LogP contribution is 2.34. The zero-order chi connectivity index (χ0) is 11.9. The topological polar surface area (TPSA) is 20.3 Å². The molecule has 0 bridgehead atoms. The number of hydrogen-bond acceptors (Lipinski definition) is 1. The lowest BCUT2D eigenvalue weighted by atomic mass is 9.99. The van der Waals surface area contributed by atoms with Gasteiger partial charge in [0.25, 0.3) is 0 Å². The minimum absolute atomic E-state index is 0.142. The second-order valence-electron chi connectivity index (χ2n) is 4.99. The molecule has 2 nitrogen and oxygen atoms in total. The van der Waals surface area contributed by atoms with Crippen LogP contribution in [-0.4, -0.2) is 11.9 Å². The largest absolute Gasteiger partial charge is 0.309 e. The zero-order valence-corrected chi connectivity index (χ0v) is 10.4. The van der Waals surface area contributed by atoms with Crippen molar-refractivity contribution >= 4 is 11.6 Å². The minimum atomic E-state index is 0.142. The molecule has 1 aromatic carbocycles. The van der Waals surface area contributed by atoms with Gasteiger partial charge < -0.3 is 4.90 Å². The molecular formula is C14H19NO. The third-order valence-electron chi connectivity index (χ3n) is 3.33. The lowest BCUT2D eigenvalue weighted by Gasteiger charge is -2.20. The highest BCUT2D eigenvalue weighted by Gasteiger charge is 2.28. The minimum Gasteiger partial charge on any atom is -0.309 e. The Morgan fingerprint density at radius 2 is 2.12 bits per heavy atom. The quantitative estimate of drug-likeness (QED) is 0.707. The van der Waals surface area contributed by atoms with Crippen LogP contribution in [0.15, 0.2) is 18.2 Å². The van der Waals surface area contributed by atoms with Crippen LogP contribution in [0.25, 0.3) is 0 Å². The summed E-state index contributed by atoms with van der Waals surface area (Å²) in [6.07, 6.45) is 0.982. The molecule has 1 aromatic rings. The van der Waals surface area contributed by atoms with Crippen molar-refractivity contribution in [1.29, 1.82) is 0 Å². The van der Waals surface area contributed by atoms with Crippen LogP contribution in [-0.2, 0) is 11.2 Å². The van der Waals surface area contributed by atoms with Crippen molar-refractivity contribution in [1.82, 2.24) is 0 Å². The molecule has 0 radical (unpaired) electrons. The molecule has 1 aliphatic rings. The molecule has 1 unspecified atom stereocenters. The Hall–Kier alpha value is -1.31. The highest BCUT2D eigenvalue weighted by molar-refractivity contribution is 5.94. The zero-order valence-electron chi connectivity index (χ0n) is 10.4. The van der Waals surface area contributed by atoms with Crippen molar-refractivity contribution in [2.24, 2.45) is 0 Å². The summed E-state index contributed by atoms with van der Waals surface area (Å²) in [7, 11) is 0. The summed E-state index contributed by atoms with van der Waals surface area (Å²) in [5.74, 6) is 0.690. The van der Waals surface area contributed by atoms with Crippen molar-refractivity contribution < 1.29 is 4.79 Å². The van der Waals surface area contributed by atoms with Gasteiger partial charge in [-0.1, -0.05) is 26.0 Å². The van der Waals surface area contributed by atoms with Gasteiger partial charge >= 0.3 is 0 Å². The summed E-state index contributed by atoms with van der Waals surface area (Å²) in [4.78, 5) is 13.5. The van der Waals surface area contributed by atoms with Crippen LogP contribution in [0.1, 0.15) is 44.7 Å². The molecule has 86 valence electrons. The molecule has 0 N–H and O–H groups in total. The Labute approximate surface area is 97.3 Å². The first-order valence-corrected chi connectivity index (χ1v) is 5.93. The van der Waals surface area contributed by atoms with Crippen molar-refractivity contribution in [3.8, 4) is 0 Å². The van der Waals surface area contributed by atoms with E-state index in [0.29, 0.717) is 12.0 Å². The lowest BCUT2D eigenvalue weighted by Crippen LogP contribution is -2.33. The number of rotatable bonds is 1. The lowest BCUT2D eigenvalue weighted by molar-refractivity contribution is -0.116. The maximum absolute atomic E-state index is 11.6. The first kappa shape index (κ1) is 11.2. The first-order valence-electron chi connectivity index (χ1n) is 5.93. The van der Waals surface area contributed by atoms with Gasteiger partial charge in [0, 0.05) is 18.7 Å². The molecule has 0 spiro atoms. The van der Waals surface area contributed by atoms with E-state index in [9.17, 15) is 4.79 Å². The second-order valence-corrected chi connectivity index (χ2v) is 4.99. The molecule has 1 atom stereocenters. The molecule has 1 amide bonds. The first-order chi connectivity index (χ1) is 7.50. The van der Waals surface area contributed by atoms with Gasteiger partial charge in [0.15, 0.2) is 0 Å². The van der Waals surface area contributed by atoms with E-state index in [1.54, 1.807) is 6.92 Å². The number of carbonyl (C=O) groups excluding carboxylic acids is 1. The standard InChI is InChI=1S/C14H19NO/c1-9(2)12-5-6-14-13(8-12)7-10(3)15(14)11(4)16/h5-6,8-10H,7H2,1-4H3. The van der Waals surface area contributed by atoms with Gasteiger partial charge in [0.05, 0.1) is 0 Å². The number of nitrogens with zero attached hydrogens (tertiary/aromatic N) is 1. The normalized spacial score (nSPS) is 19.1. The van der Waals surface area contributed by atoms with E-state index in [-0.39, 0.29) is 5.91 Å². The second kappa shape index (κ2) is 3.93. The molecule has 16 heavy (non-hydrogen) atoms. The molecule has 0 aromatic heterocycles. The monoisotopic (exact) mass is 217 g/mol. The van der Waals surface area contributed by atoms with Gasteiger partial charge in [0.1, 0.15) is 0 Å². The summed E-state index contributed by atoms with van der Waals surface area (Å²) >= 11 is 0. The fourth-order valence-corrected chi connectivity index (χ4v) is 2.49. The summed E-state index contributed by atoms with van der Waals surface area (Å²) in [6, 6.07) is 6.78. The molecule has 0 saturated heterocycles. The summed E-state index contributed by atoms with van der Waals surface area (Å²) in [6.45, 7) is 8.14. The van der Waals surface area contributed by atoms with Crippen molar-refractivity contribution in [2.45, 2.75) is 46.1 Å². The third-order valence-corrected chi connectivity index (χ3v) is 3.33. The fourth-order valence-electron chi connectivity index (χ4n) is 2.49. The average molecular weight is 217 g/mol. The molecule has 0 aliphatic carbocycles. The van der Waals surface area contributed by atoms with Crippen LogP contribution >= 0.6 is 0 Å². The van der Waals surface area contributed by atoms with E-state index in [4.69, 9.17) is 0 Å². The Kier molecular flexibility index (Phi) is 2.75. The average Bonchev–Trinajstić information content (AvgIpc) is 2.51. The smallest absolute Gasteiger partial charge is 0.224 e. The van der Waals surface area contributed by atoms with E-state index in [0.717, 1.165) is 12.1 Å². The van der Waals surface area contributed by atoms with Crippen LogP contribution in [0, 0.1) is 0 Å². The van der Waals surface area contributed by atoms with Gasteiger partial charge in [-0.3, -0.25) is 4.79 Å². The van der Waals surface area contributed by atoms with Gasteiger partial charge in [-0.05, 0) is 36.5 Å². The van der Waals surface area contributed by atoms with Crippen molar-refractivity contribution in [3.05, 3.63) is 29.3 Å². The van der Waals surface area contributed by atoms with Gasteiger partial charge in [-0.25, -0.2) is 0 Å². The van der Waals surface area contributed by atoms with Crippen molar-refractivity contribution in [3.63, 3.8) is 0 Å². The Balaban J connectivity index is 2.42. The van der Waals surface area contributed by atoms with E-state index in [1.807, 2.05) is 4.90 Å². The van der Waals surface area contributed by atoms with Crippen LogP contribution in [0.2, 0.25) is 0 Å². The molecule has 0 saturated carbocycles. The molecule has 2 heteroatoms. The van der Waals surface area contributed by atoms with E-state index >= 15 is 0 Å². The van der Waals surface area contributed by atoms with E-state index in [1.165, 1.54) is 11.1 Å². The van der Waals surface area contributed by atoms with Gasteiger partial charge in [-0.2, -0.15) is 0 Å². The van der Waals surface area contributed by atoms with Crippen LogP contribution < -0.4 is 4.90 Å². The molecule has 1 aliphatic heterocycles. The fraction of sp³-hybridized carbons (Fsp3) is 0.500. The van der Waals surface area contributed by atoms with Crippen LogP contribution in [0.5, 0.6) is 0 Å². The van der Waals surface area contributed by atoms with Crippen LogP contribution in [0.3, 0.4) is 0 Å². The highest BCUT2D eigenvalue weighted by atomic mass is 16.2. The number of fused-ring (bicyclic) bond motifs is 1. The Bertz CT molecular complexity index is 423. The Morgan fingerprint density at radius 3 is 2.69 bits per heavy atom. The van der Waals surface area contributed by atoms with E-state index < -0.39 is 0 Å². The maximum atomic E-state index is 11.6. The number of carbonyl (C=O) groups is 1. The number of hydrogen-bond donors (Lipinski definition) is 0. The molecular weight excluding hydrogens is 198 g/mol. The predicted octanol–water partition coefficient (Wildman–Crippen LogP) is 3.11. The number of amides is 1. The number of anilines is 1. The molecule has 1 heterocycles. The van der Waals surface area contributed by atoms with Crippen molar-refractivity contribution in [2.75, 3.05) is 4.90 Å². The maximum Gasteiger partial charge on any atom is 0.224 e.